The number of nitrogens with one attached hydrogen (secondary N) is 1. The molecule has 2 heterocycles. The molecule has 1 saturated heterocycles. The predicted octanol–water partition coefficient (Wildman–Crippen LogP) is 3.06. The molecule has 2 aromatic rings. The quantitative estimate of drug-likeness (QED) is 0.769. The summed E-state index contributed by atoms with van der Waals surface area (Å²) in [6, 6.07) is 13.1. The molecule has 7 heteroatoms. The monoisotopic (exact) mass is 427 g/mol. The Morgan fingerprint density at radius 1 is 1.00 bits per heavy atom. The van der Waals surface area contributed by atoms with E-state index in [1.54, 1.807) is 23.1 Å². The van der Waals surface area contributed by atoms with E-state index in [-0.39, 0.29) is 17.3 Å². The van der Waals surface area contributed by atoms with Crippen molar-refractivity contribution in [2.75, 3.05) is 24.5 Å². The van der Waals surface area contributed by atoms with Crippen LogP contribution < -0.4 is 9.62 Å². The van der Waals surface area contributed by atoms with Gasteiger partial charge in [0, 0.05) is 32.2 Å². The third-order valence-corrected chi connectivity index (χ3v) is 7.45. The fourth-order valence-corrected chi connectivity index (χ4v) is 5.43. The number of sulfonamides is 1. The second kappa shape index (κ2) is 8.88. The molecule has 0 aliphatic carbocycles. The molecule has 0 atom stereocenters. The van der Waals surface area contributed by atoms with Crippen LogP contribution in [0.5, 0.6) is 0 Å². The highest BCUT2D eigenvalue weighted by Gasteiger charge is 2.25. The fourth-order valence-electron chi connectivity index (χ4n) is 4.37. The van der Waals surface area contributed by atoms with Gasteiger partial charge >= 0.3 is 0 Å². The third kappa shape index (κ3) is 4.58. The Hall–Kier alpha value is -2.22. The van der Waals surface area contributed by atoms with E-state index >= 15 is 0 Å². The van der Waals surface area contributed by atoms with Gasteiger partial charge in [-0.2, -0.15) is 0 Å². The number of likely N-dealkylation sites (tertiary alicyclic amines) is 1. The van der Waals surface area contributed by atoms with Crippen molar-refractivity contribution in [2.45, 2.75) is 50.6 Å². The molecule has 0 spiro atoms. The standard InChI is InChI=1S/C23H29N3O3S/c1-18(27)26-14-11-19-15-22(9-10-23(19)26)30(28,29)24-16-20-7-3-4-8-21(20)17-25-12-5-2-6-13-25/h3-4,7-10,15,24H,2,5-6,11-14,16-17H2,1H3. The Morgan fingerprint density at radius 3 is 2.47 bits per heavy atom. The summed E-state index contributed by atoms with van der Waals surface area (Å²) in [4.78, 5) is 16.1. The summed E-state index contributed by atoms with van der Waals surface area (Å²) in [6.07, 6.45) is 4.43. The molecule has 1 amide bonds. The normalized spacial score (nSPS) is 17.2. The van der Waals surface area contributed by atoms with Crippen molar-refractivity contribution in [1.82, 2.24) is 9.62 Å². The zero-order valence-corrected chi connectivity index (χ0v) is 18.2. The zero-order chi connectivity index (χ0) is 21.1. The van der Waals surface area contributed by atoms with Crippen LogP contribution in [0.4, 0.5) is 5.69 Å². The van der Waals surface area contributed by atoms with Gasteiger partial charge in [0.15, 0.2) is 0 Å². The molecule has 1 fully saturated rings. The van der Waals surface area contributed by atoms with Gasteiger partial charge in [0.2, 0.25) is 15.9 Å². The van der Waals surface area contributed by atoms with Crippen molar-refractivity contribution in [3.05, 3.63) is 59.2 Å². The van der Waals surface area contributed by atoms with E-state index in [1.807, 2.05) is 18.2 Å². The van der Waals surface area contributed by atoms with E-state index in [4.69, 9.17) is 0 Å². The summed E-state index contributed by atoms with van der Waals surface area (Å²) in [7, 11) is -3.63. The summed E-state index contributed by atoms with van der Waals surface area (Å²) in [5, 5.41) is 0. The van der Waals surface area contributed by atoms with Gasteiger partial charge in [-0.15, -0.1) is 0 Å². The van der Waals surface area contributed by atoms with Gasteiger partial charge in [-0.25, -0.2) is 13.1 Å². The van der Waals surface area contributed by atoms with E-state index in [1.165, 1.54) is 31.7 Å². The summed E-state index contributed by atoms with van der Waals surface area (Å²) in [5.74, 6) is -0.0206. The number of benzene rings is 2. The molecule has 0 saturated carbocycles. The highest BCUT2D eigenvalue weighted by molar-refractivity contribution is 7.89. The first-order chi connectivity index (χ1) is 14.4. The number of carbonyl (C=O) groups is 1. The molecule has 30 heavy (non-hydrogen) atoms. The number of anilines is 1. The van der Waals surface area contributed by atoms with Gasteiger partial charge in [-0.1, -0.05) is 30.7 Å². The van der Waals surface area contributed by atoms with Crippen LogP contribution in [-0.4, -0.2) is 38.9 Å². The number of rotatable bonds is 6. The summed E-state index contributed by atoms with van der Waals surface area (Å²) < 4.78 is 28.6. The number of amides is 1. The van der Waals surface area contributed by atoms with Crippen molar-refractivity contribution < 1.29 is 13.2 Å². The molecule has 4 rings (SSSR count). The smallest absolute Gasteiger partial charge is 0.240 e. The molecular formula is C23H29N3O3S. The molecule has 1 N–H and O–H groups in total. The average Bonchev–Trinajstić information content (AvgIpc) is 3.18. The van der Waals surface area contributed by atoms with Gasteiger partial charge in [0.25, 0.3) is 0 Å². The molecule has 2 aliphatic rings. The maximum Gasteiger partial charge on any atom is 0.240 e. The maximum atomic E-state index is 12.9. The minimum absolute atomic E-state index is 0.0206. The first-order valence-electron chi connectivity index (χ1n) is 10.6. The first-order valence-corrected chi connectivity index (χ1v) is 12.1. The van der Waals surface area contributed by atoms with Crippen molar-refractivity contribution >= 4 is 21.6 Å². The number of hydrogen-bond acceptors (Lipinski definition) is 4. The van der Waals surface area contributed by atoms with Gasteiger partial charge in [-0.3, -0.25) is 9.69 Å². The zero-order valence-electron chi connectivity index (χ0n) is 17.4. The molecule has 2 aliphatic heterocycles. The lowest BCUT2D eigenvalue weighted by Gasteiger charge is -2.27. The van der Waals surface area contributed by atoms with E-state index in [0.29, 0.717) is 13.0 Å². The van der Waals surface area contributed by atoms with Crippen LogP contribution in [0, 0.1) is 0 Å². The Bertz CT molecular complexity index is 1030. The number of fused-ring (bicyclic) bond motifs is 1. The van der Waals surface area contributed by atoms with Crippen molar-refractivity contribution in [1.29, 1.82) is 0 Å². The molecule has 160 valence electrons. The highest BCUT2D eigenvalue weighted by atomic mass is 32.2. The number of piperidine rings is 1. The van der Waals surface area contributed by atoms with Crippen molar-refractivity contribution in [2.24, 2.45) is 0 Å². The summed E-state index contributed by atoms with van der Waals surface area (Å²) in [6.45, 7) is 5.47. The summed E-state index contributed by atoms with van der Waals surface area (Å²) in [5.41, 5.74) is 3.90. The van der Waals surface area contributed by atoms with Crippen LogP contribution in [0.25, 0.3) is 0 Å². The fraction of sp³-hybridized carbons (Fsp3) is 0.435. The van der Waals surface area contributed by atoms with E-state index in [0.717, 1.165) is 36.4 Å². The minimum atomic E-state index is -3.63. The van der Waals surface area contributed by atoms with Crippen molar-refractivity contribution in [3.63, 3.8) is 0 Å². The lowest BCUT2D eigenvalue weighted by Crippen LogP contribution is -2.30. The van der Waals surface area contributed by atoms with E-state index in [2.05, 4.69) is 15.7 Å². The van der Waals surface area contributed by atoms with Crippen LogP contribution >= 0.6 is 0 Å². The summed E-state index contributed by atoms with van der Waals surface area (Å²) >= 11 is 0. The van der Waals surface area contributed by atoms with Crippen molar-refractivity contribution in [3.8, 4) is 0 Å². The molecule has 0 unspecified atom stereocenters. The van der Waals surface area contributed by atoms with Crippen LogP contribution in [-0.2, 0) is 34.3 Å². The highest BCUT2D eigenvalue weighted by Crippen LogP contribution is 2.30. The molecule has 0 aromatic heterocycles. The van der Waals surface area contributed by atoms with Gasteiger partial charge < -0.3 is 4.90 Å². The lowest BCUT2D eigenvalue weighted by molar-refractivity contribution is -0.116. The molecular weight excluding hydrogens is 398 g/mol. The Kier molecular flexibility index (Phi) is 6.22. The minimum Gasteiger partial charge on any atom is -0.312 e. The van der Waals surface area contributed by atoms with E-state index in [9.17, 15) is 13.2 Å². The molecule has 0 radical (unpaired) electrons. The van der Waals surface area contributed by atoms with Crippen LogP contribution in [0.1, 0.15) is 42.9 Å². The Morgan fingerprint density at radius 2 is 1.73 bits per heavy atom. The molecule has 0 bridgehead atoms. The van der Waals surface area contributed by atoms with Crippen LogP contribution in [0.2, 0.25) is 0 Å². The maximum absolute atomic E-state index is 12.9. The second-order valence-electron chi connectivity index (χ2n) is 8.14. The van der Waals surface area contributed by atoms with Gasteiger partial charge in [0.1, 0.15) is 0 Å². The second-order valence-corrected chi connectivity index (χ2v) is 9.91. The average molecular weight is 428 g/mol. The van der Waals surface area contributed by atoms with Crippen LogP contribution in [0.3, 0.4) is 0 Å². The lowest BCUT2D eigenvalue weighted by atomic mass is 10.1. The molecule has 6 nitrogen and oxygen atoms in total. The van der Waals surface area contributed by atoms with Crippen LogP contribution in [0.15, 0.2) is 47.4 Å². The largest absolute Gasteiger partial charge is 0.312 e. The SMILES string of the molecule is CC(=O)N1CCc2cc(S(=O)(=O)NCc3ccccc3CN3CCCCC3)ccc21. The Balaban J connectivity index is 1.47. The number of nitrogens with zero attached hydrogens (tertiary/aromatic N) is 2. The molecule has 2 aromatic carbocycles. The van der Waals surface area contributed by atoms with Gasteiger partial charge in [-0.05, 0) is 67.2 Å². The predicted molar refractivity (Wildman–Crippen MR) is 118 cm³/mol. The topological polar surface area (TPSA) is 69.7 Å². The van der Waals surface area contributed by atoms with Gasteiger partial charge in [0.05, 0.1) is 4.90 Å². The first kappa shape index (κ1) is 21.0. The van der Waals surface area contributed by atoms with E-state index < -0.39 is 10.0 Å². The number of hydrogen-bond donors (Lipinski definition) is 1. The third-order valence-electron chi connectivity index (χ3n) is 6.05. The Labute approximate surface area is 178 Å². The number of carbonyl (C=O) groups excluding carboxylic acids is 1.